The molecular formula is C61H49N. The molecule has 0 spiro atoms. The molecule has 0 aliphatic heterocycles. The third kappa shape index (κ3) is 6.66. The first kappa shape index (κ1) is 37.8. The minimum atomic E-state index is -0.491. The Bertz CT molecular complexity index is 2900. The van der Waals surface area contributed by atoms with Crippen molar-refractivity contribution in [3.05, 3.63) is 258 Å². The number of rotatable bonds is 9. The molecule has 9 aromatic carbocycles. The van der Waals surface area contributed by atoms with Crippen LogP contribution in [-0.2, 0) is 5.41 Å². The fourth-order valence-corrected chi connectivity index (χ4v) is 10.6. The molecule has 0 radical (unpaired) electrons. The van der Waals surface area contributed by atoms with Gasteiger partial charge in [0.05, 0.1) is 5.41 Å². The molecule has 1 fully saturated rings. The van der Waals surface area contributed by atoms with Crippen LogP contribution in [-0.4, -0.2) is 0 Å². The molecule has 1 heteroatoms. The summed E-state index contributed by atoms with van der Waals surface area (Å²) in [6.07, 6.45) is 6.72. The van der Waals surface area contributed by atoms with E-state index in [4.69, 9.17) is 0 Å². The monoisotopic (exact) mass is 795 g/mol. The van der Waals surface area contributed by atoms with Gasteiger partial charge in [-0.3, -0.25) is 0 Å². The second kappa shape index (κ2) is 16.3. The highest BCUT2D eigenvalue weighted by Crippen LogP contribution is 2.57. The van der Waals surface area contributed by atoms with E-state index in [0.717, 1.165) is 17.1 Å². The third-order valence-electron chi connectivity index (χ3n) is 13.6. The SMILES string of the molecule is c1ccc(-c2ccccc2-c2ccc(N(c3ccc(-c4ccc(C5CCCCC5)cc4)cc3)c3ccc4c(c3)C(c3ccccc3)(c3ccccc3)c3ccccc3-4)cc2)cc1. The van der Waals surface area contributed by atoms with Crippen LogP contribution >= 0.6 is 0 Å². The van der Waals surface area contributed by atoms with E-state index >= 15 is 0 Å². The van der Waals surface area contributed by atoms with E-state index in [-0.39, 0.29) is 0 Å². The van der Waals surface area contributed by atoms with Crippen molar-refractivity contribution in [2.24, 2.45) is 0 Å². The fraction of sp³-hybridized carbons (Fsp3) is 0.115. The Balaban J connectivity index is 1.05. The lowest BCUT2D eigenvalue weighted by atomic mass is 9.67. The summed E-state index contributed by atoms with van der Waals surface area (Å²) in [7, 11) is 0. The summed E-state index contributed by atoms with van der Waals surface area (Å²) in [4.78, 5) is 2.44. The number of hydrogen-bond donors (Lipinski definition) is 0. The topological polar surface area (TPSA) is 3.24 Å². The first-order chi connectivity index (χ1) is 30.8. The Morgan fingerprint density at radius 1 is 0.323 bits per heavy atom. The number of fused-ring (bicyclic) bond motifs is 3. The molecule has 0 amide bonds. The van der Waals surface area contributed by atoms with Gasteiger partial charge in [0, 0.05) is 17.1 Å². The number of anilines is 3. The van der Waals surface area contributed by atoms with Crippen molar-refractivity contribution in [2.45, 2.75) is 43.4 Å². The Labute approximate surface area is 366 Å². The summed E-state index contributed by atoms with van der Waals surface area (Å²) < 4.78 is 0. The summed E-state index contributed by atoms with van der Waals surface area (Å²) in [6.45, 7) is 0. The lowest BCUT2D eigenvalue weighted by molar-refractivity contribution is 0.443. The molecule has 2 aliphatic rings. The van der Waals surface area contributed by atoms with Gasteiger partial charge in [-0.05, 0) is 127 Å². The van der Waals surface area contributed by atoms with Gasteiger partial charge in [0.2, 0.25) is 0 Å². The maximum Gasteiger partial charge on any atom is 0.0714 e. The molecule has 0 saturated heterocycles. The minimum absolute atomic E-state index is 0.491. The predicted molar refractivity (Wildman–Crippen MR) is 261 cm³/mol. The molecule has 1 nitrogen and oxygen atoms in total. The van der Waals surface area contributed by atoms with Crippen LogP contribution in [0.25, 0.3) is 44.5 Å². The lowest BCUT2D eigenvalue weighted by Gasteiger charge is -2.35. The molecule has 11 rings (SSSR count). The number of benzene rings is 9. The van der Waals surface area contributed by atoms with Crippen molar-refractivity contribution >= 4 is 17.1 Å². The predicted octanol–water partition coefficient (Wildman–Crippen LogP) is 16.6. The summed E-state index contributed by atoms with van der Waals surface area (Å²) >= 11 is 0. The quantitative estimate of drug-likeness (QED) is 0.141. The number of nitrogens with zero attached hydrogens (tertiary/aromatic N) is 1. The van der Waals surface area contributed by atoms with Crippen molar-refractivity contribution in [3.63, 3.8) is 0 Å². The molecule has 0 N–H and O–H groups in total. The van der Waals surface area contributed by atoms with Crippen LogP contribution in [0.5, 0.6) is 0 Å². The first-order valence-electron chi connectivity index (χ1n) is 22.4. The Morgan fingerprint density at radius 2 is 0.758 bits per heavy atom. The zero-order chi connectivity index (χ0) is 41.3. The molecule has 1 saturated carbocycles. The van der Waals surface area contributed by atoms with Gasteiger partial charge in [0.25, 0.3) is 0 Å². The van der Waals surface area contributed by atoms with E-state index in [2.05, 4.69) is 235 Å². The van der Waals surface area contributed by atoms with Gasteiger partial charge < -0.3 is 4.90 Å². The van der Waals surface area contributed by atoms with Crippen molar-refractivity contribution < 1.29 is 0 Å². The van der Waals surface area contributed by atoms with Crippen molar-refractivity contribution in [1.82, 2.24) is 0 Å². The van der Waals surface area contributed by atoms with Crippen molar-refractivity contribution in [3.8, 4) is 44.5 Å². The molecular weight excluding hydrogens is 747 g/mol. The van der Waals surface area contributed by atoms with Crippen LogP contribution in [0, 0.1) is 0 Å². The second-order valence-electron chi connectivity index (χ2n) is 17.1. The van der Waals surface area contributed by atoms with Crippen LogP contribution in [0.4, 0.5) is 17.1 Å². The normalized spacial score (nSPS) is 14.2. The molecule has 9 aromatic rings. The summed E-state index contributed by atoms with van der Waals surface area (Å²) in [5, 5.41) is 0. The highest BCUT2D eigenvalue weighted by Gasteiger charge is 2.46. The Hall–Kier alpha value is -7.22. The zero-order valence-electron chi connectivity index (χ0n) is 35.0. The molecule has 62 heavy (non-hydrogen) atoms. The van der Waals surface area contributed by atoms with Crippen LogP contribution in [0.3, 0.4) is 0 Å². The van der Waals surface area contributed by atoms with E-state index < -0.39 is 5.41 Å². The van der Waals surface area contributed by atoms with Gasteiger partial charge in [-0.2, -0.15) is 0 Å². The smallest absolute Gasteiger partial charge is 0.0714 e. The maximum atomic E-state index is 2.46. The van der Waals surface area contributed by atoms with Crippen molar-refractivity contribution in [1.29, 1.82) is 0 Å². The Kier molecular flexibility index (Phi) is 9.94. The lowest BCUT2D eigenvalue weighted by Crippen LogP contribution is -2.28. The third-order valence-corrected chi connectivity index (χ3v) is 13.6. The highest BCUT2D eigenvalue weighted by molar-refractivity contribution is 5.90. The summed E-state index contributed by atoms with van der Waals surface area (Å²) in [5.74, 6) is 0.703. The molecule has 0 heterocycles. The summed E-state index contributed by atoms with van der Waals surface area (Å²) in [5.41, 5.74) is 19.4. The maximum absolute atomic E-state index is 2.46. The molecule has 2 aliphatic carbocycles. The van der Waals surface area contributed by atoms with E-state index in [0.29, 0.717) is 5.92 Å². The van der Waals surface area contributed by atoms with E-state index in [1.165, 1.54) is 104 Å². The van der Waals surface area contributed by atoms with Gasteiger partial charge in [-0.25, -0.2) is 0 Å². The second-order valence-corrected chi connectivity index (χ2v) is 17.1. The highest BCUT2D eigenvalue weighted by atomic mass is 15.1. The molecule has 0 atom stereocenters. The Morgan fingerprint density at radius 3 is 1.34 bits per heavy atom. The summed E-state index contributed by atoms with van der Waals surface area (Å²) in [6, 6.07) is 85.5. The van der Waals surface area contributed by atoms with Gasteiger partial charge in [0.1, 0.15) is 0 Å². The van der Waals surface area contributed by atoms with Crippen molar-refractivity contribution in [2.75, 3.05) is 4.90 Å². The zero-order valence-corrected chi connectivity index (χ0v) is 35.0. The van der Waals surface area contributed by atoms with E-state index in [1.54, 1.807) is 0 Å². The van der Waals surface area contributed by atoms with Gasteiger partial charge >= 0.3 is 0 Å². The first-order valence-corrected chi connectivity index (χ1v) is 22.4. The average molecular weight is 796 g/mol. The van der Waals surface area contributed by atoms with Gasteiger partial charge in [-0.15, -0.1) is 0 Å². The fourth-order valence-electron chi connectivity index (χ4n) is 10.6. The van der Waals surface area contributed by atoms with Crippen LogP contribution in [0.2, 0.25) is 0 Å². The molecule has 0 unspecified atom stereocenters. The van der Waals surface area contributed by atoms with Crippen LogP contribution in [0.15, 0.2) is 231 Å². The van der Waals surface area contributed by atoms with Gasteiger partial charge in [0.15, 0.2) is 0 Å². The number of hydrogen-bond acceptors (Lipinski definition) is 1. The molecule has 0 aromatic heterocycles. The van der Waals surface area contributed by atoms with E-state index in [1.807, 2.05) is 0 Å². The average Bonchev–Trinajstić information content (AvgIpc) is 3.66. The largest absolute Gasteiger partial charge is 0.310 e. The van der Waals surface area contributed by atoms with Gasteiger partial charge in [-0.1, -0.05) is 213 Å². The van der Waals surface area contributed by atoms with Crippen LogP contribution in [0.1, 0.15) is 65.8 Å². The minimum Gasteiger partial charge on any atom is -0.310 e. The van der Waals surface area contributed by atoms with E-state index in [9.17, 15) is 0 Å². The molecule has 298 valence electrons. The molecule has 0 bridgehead atoms. The van der Waals surface area contributed by atoms with Crippen LogP contribution < -0.4 is 4.90 Å². The standard InChI is InChI=1S/C61H49N/c1-5-17-44(18-6-1)45-29-31-46(32-30-45)47-33-37-52(38-34-47)62(53-39-35-49(36-40-53)56-26-14-13-25-55(56)48-19-7-2-8-20-48)54-41-42-58-57-27-15-16-28-59(57)61(60(58)43-54,50-21-9-3-10-22-50)51-23-11-4-12-24-51/h2-4,7-16,19-44H,1,5-6,17-18H2.